The first-order valence-corrected chi connectivity index (χ1v) is 10.3. The first-order valence-electron chi connectivity index (χ1n) is 10.3. The predicted molar refractivity (Wildman–Crippen MR) is 118 cm³/mol. The minimum absolute atomic E-state index is 0.531. The van der Waals surface area contributed by atoms with E-state index in [1.54, 1.807) is 12.4 Å². The SMILES string of the molecule is CCCCc1ccc(Cc2nccc3ccc(OCc4ccncc4)cc23)cc1. The molecule has 0 radical (unpaired) electrons. The van der Waals surface area contributed by atoms with Gasteiger partial charge in [0, 0.05) is 30.4 Å². The van der Waals surface area contributed by atoms with Crippen LogP contribution >= 0.6 is 0 Å². The Bertz CT molecular complexity index is 1060. The van der Waals surface area contributed by atoms with Crippen LogP contribution in [0.3, 0.4) is 0 Å². The van der Waals surface area contributed by atoms with Crippen LogP contribution in [-0.2, 0) is 19.4 Å². The van der Waals surface area contributed by atoms with E-state index in [-0.39, 0.29) is 0 Å². The zero-order chi connectivity index (χ0) is 19.9. The molecule has 0 bridgehead atoms. The van der Waals surface area contributed by atoms with Gasteiger partial charge in [0.05, 0.1) is 5.69 Å². The Balaban J connectivity index is 1.52. The maximum absolute atomic E-state index is 6.00. The van der Waals surface area contributed by atoms with Crippen LogP contribution in [0.25, 0.3) is 10.8 Å². The molecule has 29 heavy (non-hydrogen) atoms. The van der Waals surface area contributed by atoms with E-state index in [9.17, 15) is 0 Å². The lowest BCUT2D eigenvalue weighted by molar-refractivity contribution is 0.306. The molecule has 2 aromatic heterocycles. The van der Waals surface area contributed by atoms with Crippen LogP contribution in [0, 0.1) is 0 Å². The van der Waals surface area contributed by atoms with E-state index >= 15 is 0 Å². The van der Waals surface area contributed by atoms with Gasteiger partial charge in [-0.1, -0.05) is 43.7 Å². The summed E-state index contributed by atoms with van der Waals surface area (Å²) >= 11 is 0. The molecule has 0 N–H and O–H groups in total. The minimum atomic E-state index is 0.531. The number of rotatable bonds is 8. The summed E-state index contributed by atoms with van der Waals surface area (Å²) in [6.07, 6.45) is 9.91. The molecule has 0 atom stereocenters. The molecule has 0 saturated heterocycles. The van der Waals surface area contributed by atoms with E-state index in [0.717, 1.165) is 35.2 Å². The molecule has 4 aromatic rings. The van der Waals surface area contributed by atoms with Crippen molar-refractivity contribution < 1.29 is 4.74 Å². The van der Waals surface area contributed by atoms with Gasteiger partial charge in [-0.15, -0.1) is 0 Å². The third kappa shape index (κ3) is 5.00. The summed E-state index contributed by atoms with van der Waals surface area (Å²) in [4.78, 5) is 8.72. The Morgan fingerprint density at radius 2 is 1.59 bits per heavy atom. The normalized spacial score (nSPS) is 10.9. The van der Waals surface area contributed by atoms with Crippen molar-refractivity contribution in [3.63, 3.8) is 0 Å². The number of aromatic nitrogens is 2. The van der Waals surface area contributed by atoms with E-state index in [1.807, 2.05) is 24.4 Å². The second-order valence-corrected chi connectivity index (χ2v) is 7.38. The first kappa shape index (κ1) is 19.1. The summed E-state index contributed by atoms with van der Waals surface area (Å²) in [6, 6.07) is 21.2. The van der Waals surface area contributed by atoms with Gasteiger partial charge in [0.2, 0.25) is 0 Å². The molecule has 0 aliphatic rings. The Hall–Kier alpha value is -3.20. The van der Waals surface area contributed by atoms with Crippen LogP contribution in [0.1, 0.15) is 42.1 Å². The smallest absolute Gasteiger partial charge is 0.120 e. The van der Waals surface area contributed by atoms with Gasteiger partial charge in [0.1, 0.15) is 12.4 Å². The van der Waals surface area contributed by atoms with Crippen molar-refractivity contribution in [2.75, 3.05) is 0 Å². The number of fused-ring (bicyclic) bond motifs is 1. The molecule has 2 aromatic carbocycles. The molecule has 2 heterocycles. The zero-order valence-electron chi connectivity index (χ0n) is 16.8. The maximum Gasteiger partial charge on any atom is 0.120 e. The maximum atomic E-state index is 6.00. The molecule has 0 spiro atoms. The third-order valence-corrected chi connectivity index (χ3v) is 5.19. The summed E-state index contributed by atoms with van der Waals surface area (Å²) < 4.78 is 6.00. The Morgan fingerprint density at radius 1 is 0.793 bits per heavy atom. The summed E-state index contributed by atoms with van der Waals surface area (Å²) in [7, 11) is 0. The van der Waals surface area contributed by atoms with E-state index < -0.39 is 0 Å². The van der Waals surface area contributed by atoms with Gasteiger partial charge in [-0.25, -0.2) is 0 Å². The summed E-state index contributed by atoms with van der Waals surface area (Å²) in [5.41, 5.74) is 4.88. The van der Waals surface area contributed by atoms with Crippen LogP contribution in [0.15, 0.2) is 79.3 Å². The molecule has 4 rings (SSSR count). The van der Waals surface area contributed by atoms with Crippen molar-refractivity contribution in [2.24, 2.45) is 0 Å². The lowest BCUT2D eigenvalue weighted by atomic mass is 10.0. The number of unbranched alkanes of at least 4 members (excludes halogenated alkanes) is 1. The number of hydrogen-bond acceptors (Lipinski definition) is 3. The fraction of sp³-hybridized carbons (Fsp3) is 0.231. The van der Waals surface area contributed by atoms with Crippen molar-refractivity contribution in [3.8, 4) is 5.75 Å². The van der Waals surface area contributed by atoms with Crippen LogP contribution in [-0.4, -0.2) is 9.97 Å². The van der Waals surface area contributed by atoms with Gasteiger partial charge in [0.25, 0.3) is 0 Å². The highest BCUT2D eigenvalue weighted by atomic mass is 16.5. The molecule has 0 amide bonds. The molecule has 0 saturated carbocycles. The van der Waals surface area contributed by atoms with E-state index in [1.165, 1.54) is 29.4 Å². The number of ether oxygens (including phenoxy) is 1. The average molecular weight is 383 g/mol. The Labute approximate surface area is 172 Å². The average Bonchev–Trinajstić information content (AvgIpc) is 2.78. The van der Waals surface area contributed by atoms with E-state index in [0.29, 0.717) is 6.61 Å². The van der Waals surface area contributed by atoms with Gasteiger partial charge >= 0.3 is 0 Å². The van der Waals surface area contributed by atoms with Gasteiger partial charge in [-0.2, -0.15) is 0 Å². The largest absolute Gasteiger partial charge is 0.489 e. The number of aryl methyl sites for hydroxylation is 1. The molecular weight excluding hydrogens is 356 g/mol. The molecule has 0 unspecified atom stereocenters. The van der Waals surface area contributed by atoms with Crippen LogP contribution in [0.5, 0.6) is 5.75 Å². The number of hydrogen-bond donors (Lipinski definition) is 0. The number of nitrogens with zero attached hydrogens (tertiary/aromatic N) is 2. The predicted octanol–water partition coefficient (Wildman–Crippen LogP) is 6.14. The van der Waals surface area contributed by atoms with Crippen molar-refractivity contribution in [1.82, 2.24) is 9.97 Å². The summed E-state index contributed by atoms with van der Waals surface area (Å²) in [5.74, 6) is 0.860. The molecule has 0 aliphatic heterocycles. The van der Waals surface area contributed by atoms with Crippen molar-refractivity contribution in [2.45, 2.75) is 39.2 Å². The minimum Gasteiger partial charge on any atom is -0.489 e. The van der Waals surface area contributed by atoms with Crippen LogP contribution < -0.4 is 4.74 Å². The summed E-state index contributed by atoms with van der Waals surface area (Å²) in [5, 5.41) is 2.33. The third-order valence-electron chi connectivity index (χ3n) is 5.19. The second-order valence-electron chi connectivity index (χ2n) is 7.38. The van der Waals surface area contributed by atoms with Crippen LogP contribution in [0.4, 0.5) is 0 Å². The highest BCUT2D eigenvalue weighted by molar-refractivity contribution is 5.86. The summed E-state index contributed by atoms with van der Waals surface area (Å²) in [6.45, 7) is 2.76. The standard InChI is InChI=1S/C26H26N2O/c1-2-3-4-20-5-7-21(8-6-20)17-26-25-18-24(10-9-23(25)13-16-28-26)29-19-22-11-14-27-15-12-22/h5-16,18H,2-4,17,19H2,1H3. The van der Waals surface area contributed by atoms with Gasteiger partial charge in [0.15, 0.2) is 0 Å². The van der Waals surface area contributed by atoms with Crippen molar-refractivity contribution in [1.29, 1.82) is 0 Å². The fourth-order valence-electron chi connectivity index (χ4n) is 3.48. The van der Waals surface area contributed by atoms with Gasteiger partial charge < -0.3 is 4.74 Å². The number of benzene rings is 2. The Morgan fingerprint density at radius 3 is 2.38 bits per heavy atom. The van der Waals surface area contributed by atoms with Crippen molar-refractivity contribution >= 4 is 10.8 Å². The lowest BCUT2D eigenvalue weighted by Crippen LogP contribution is -1.97. The van der Waals surface area contributed by atoms with E-state index in [4.69, 9.17) is 4.74 Å². The van der Waals surface area contributed by atoms with Gasteiger partial charge in [-0.05, 0) is 65.3 Å². The molecule has 0 fully saturated rings. The molecule has 3 nitrogen and oxygen atoms in total. The van der Waals surface area contributed by atoms with Crippen LogP contribution in [0.2, 0.25) is 0 Å². The van der Waals surface area contributed by atoms with E-state index in [2.05, 4.69) is 59.4 Å². The highest BCUT2D eigenvalue weighted by Crippen LogP contribution is 2.25. The fourth-order valence-corrected chi connectivity index (χ4v) is 3.48. The number of pyridine rings is 2. The monoisotopic (exact) mass is 382 g/mol. The molecular formula is C26H26N2O. The Kier molecular flexibility index (Phi) is 6.16. The highest BCUT2D eigenvalue weighted by Gasteiger charge is 2.07. The molecule has 0 aliphatic carbocycles. The second kappa shape index (κ2) is 9.33. The van der Waals surface area contributed by atoms with Crippen molar-refractivity contribution in [3.05, 3.63) is 102 Å². The molecule has 146 valence electrons. The van der Waals surface area contributed by atoms with Gasteiger partial charge in [-0.3, -0.25) is 9.97 Å². The quantitative estimate of drug-likeness (QED) is 0.367. The first-order chi connectivity index (χ1) is 14.3. The topological polar surface area (TPSA) is 35.0 Å². The molecule has 3 heteroatoms. The lowest BCUT2D eigenvalue weighted by Gasteiger charge is -2.10. The zero-order valence-corrected chi connectivity index (χ0v) is 16.8.